The van der Waals surface area contributed by atoms with Crippen LogP contribution in [0.3, 0.4) is 0 Å². The highest BCUT2D eigenvalue weighted by atomic mass is 79.9. The fraction of sp³-hybridized carbons (Fsp3) is 0.625. The number of aliphatic hydroxyl groups is 1. The van der Waals surface area contributed by atoms with Crippen molar-refractivity contribution in [3.63, 3.8) is 0 Å². The van der Waals surface area contributed by atoms with Crippen molar-refractivity contribution in [1.29, 1.82) is 0 Å². The van der Waals surface area contributed by atoms with Crippen molar-refractivity contribution in [2.75, 3.05) is 19.6 Å². The summed E-state index contributed by atoms with van der Waals surface area (Å²) in [6, 6.07) is 7.96. The molecule has 1 fully saturated rings. The van der Waals surface area contributed by atoms with Crippen molar-refractivity contribution in [2.24, 2.45) is 5.41 Å². The lowest BCUT2D eigenvalue weighted by Crippen LogP contribution is -2.38. The summed E-state index contributed by atoms with van der Waals surface area (Å²) < 4.78 is 1.06. The van der Waals surface area contributed by atoms with E-state index in [0.29, 0.717) is 5.41 Å². The number of aliphatic hydroxyl groups excluding tert-OH is 1. The maximum absolute atomic E-state index is 10.2. The minimum absolute atomic E-state index is 0.344. The first-order valence-corrected chi connectivity index (χ1v) is 7.91. The predicted molar refractivity (Wildman–Crippen MR) is 83.2 cm³/mol. The third-order valence-corrected chi connectivity index (χ3v) is 4.71. The van der Waals surface area contributed by atoms with Crippen LogP contribution in [0, 0.1) is 5.41 Å². The molecule has 1 aliphatic heterocycles. The Morgan fingerprint density at radius 2 is 1.79 bits per heavy atom. The second-order valence-electron chi connectivity index (χ2n) is 6.36. The van der Waals surface area contributed by atoms with Gasteiger partial charge in [0.2, 0.25) is 0 Å². The van der Waals surface area contributed by atoms with Crippen LogP contribution in [0.25, 0.3) is 0 Å². The van der Waals surface area contributed by atoms with Gasteiger partial charge in [-0.25, -0.2) is 0 Å². The van der Waals surface area contributed by atoms with Gasteiger partial charge in [-0.2, -0.15) is 0 Å². The van der Waals surface area contributed by atoms with Gasteiger partial charge in [-0.15, -0.1) is 0 Å². The first kappa shape index (κ1) is 15.0. The summed E-state index contributed by atoms with van der Waals surface area (Å²) in [5, 5.41) is 10.2. The Balaban J connectivity index is 1.78. The standard InChI is InChI=1S/C16H24BrNO/c1-16(2)8-11-18(12-9-16)10-7-15(19)13-3-5-14(17)6-4-13/h3-6,15,19H,7-12H2,1-2H3. The molecule has 0 saturated carbocycles. The number of halogens is 1. The van der Waals surface area contributed by atoms with Crippen LogP contribution >= 0.6 is 15.9 Å². The summed E-state index contributed by atoms with van der Waals surface area (Å²) in [5.41, 5.74) is 1.52. The lowest BCUT2D eigenvalue weighted by molar-refractivity contribution is 0.101. The molecule has 1 heterocycles. The third kappa shape index (κ3) is 4.59. The maximum Gasteiger partial charge on any atom is 0.0802 e. The molecule has 106 valence electrons. The fourth-order valence-electron chi connectivity index (χ4n) is 2.54. The van der Waals surface area contributed by atoms with Crippen LogP contribution in [0.1, 0.15) is 44.8 Å². The number of hydrogen-bond donors (Lipinski definition) is 1. The lowest BCUT2D eigenvalue weighted by atomic mass is 9.82. The van der Waals surface area contributed by atoms with E-state index in [1.807, 2.05) is 24.3 Å². The molecule has 0 radical (unpaired) electrons. The van der Waals surface area contributed by atoms with Crippen LogP contribution in [-0.4, -0.2) is 29.6 Å². The van der Waals surface area contributed by atoms with E-state index < -0.39 is 0 Å². The molecule has 1 saturated heterocycles. The van der Waals surface area contributed by atoms with Gasteiger partial charge in [-0.05, 0) is 55.5 Å². The average Bonchev–Trinajstić information content (AvgIpc) is 2.38. The summed E-state index contributed by atoms with van der Waals surface area (Å²) in [7, 11) is 0. The maximum atomic E-state index is 10.2. The zero-order valence-electron chi connectivity index (χ0n) is 11.9. The molecule has 0 aliphatic carbocycles. The molecular weight excluding hydrogens is 302 g/mol. The quantitative estimate of drug-likeness (QED) is 0.904. The molecule has 1 aromatic rings. The van der Waals surface area contributed by atoms with Crippen LogP contribution in [0.5, 0.6) is 0 Å². The molecule has 1 N–H and O–H groups in total. The summed E-state index contributed by atoms with van der Waals surface area (Å²) in [6.07, 6.45) is 3.01. The van der Waals surface area contributed by atoms with E-state index in [4.69, 9.17) is 0 Å². The van der Waals surface area contributed by atoms with E-state index in [1.165, 1.54) is 25.9 Å². The molecule has 0 aromatic heterocycles. The highest BCUT2D eigenvalue weighted by molar-refractivity contribution is 9.10. The third-order valence-electron chi connectivity index (χ3n) is 4.18. The Morgan fingerprint density at radius 1 is 1.21 bits per heavy atom. The van der Waals surface area contributed by atoms with Crippen LogP contribution in [-0.2, 0) is 0 Å². The Bertz CT molecular complexity index is 392. The van der Waals surface area contributed by atoms with Gasteiger partial charge in [0, 0.05) is 11.0 Å². The van der Waals surface area contributed by atoms with E-state index in [1.54, 1.807) is 0 Å². The number of likely N-dealkylation sites (tertiary alicyclic amines) is 1. The molecule has 1 aromatic carbocycles. The van der Waals surface area contributed by atoms with Gasteiger partial charge in [0.1, 0.15) is 0 Å². The molecule has 2 rings (SSSR count). The molecule has 0 amide bonds. The van der Waals surface area contributed by atoms with Crippen LogP contribution < -0.4 is 0 Å². The van der Waals surface area contributed by atoms with Gasteiger partial charge in [0.15, 0.2) is 0 Å². The van der Waals surface area contributed by atoms with E-state index in [9.17, 15) is 5.11 Å². The van der Waals surface area contributed by atoms with E-state index in [-0.39, 0.29) is 6.10 Å². The topological polar surface area (TPSA) is 23.5 Å². The fourth-order valence-corrected chi connectivity index (χ4v) is 2.80. The van der Waals surface area contributed by atoms with Crippen molar-refractivity contribution in [3.8, 4) is 0 Å². The minimum atomic E-state index is -0.344. The zero-order chi connectivity index (χ0) is 13.9. The highest BCUT2D eigenvalue weighted by Gasteiger charge is 2.25. The number of rotatable bonds is 4. The molecule has 1 aliphatic rings. The van der Waals surface area contributed by atoms with Crippen LogP contribution in [0.4, 0.5) is 0 Å². The SMILES string of the molecule is CC1(C)CCN(CCC(O)c2ccc(Br)cc2)CC1. The Morgan fingerprint density at radius 3 is 2.37 bits per heavy atom. The monoisotopic (exact) mass is 325 g/mol. The molecule has 3 heteroatoms. The average molecular weight is 326 g/mol. The van der Waals surface area contributed by atoms with E-state index >= 15 is 0 Å². The van der Waals surface area contributed by atoms with Gasteiger partial charge in [0.05, 0.1) is 6.10 Å². The minimum Gasteiger partial charge on any atom is -0.388 e. The summed E-state index contributed by atoms with van der Waals surface area (Å²) >= 11 is 3.42. The first-order valence-electron chi connectivity index (χ1n) is 7.12. The number of hydrogen-bond acceptors (Lipinski definition) is 2. The molecule has 2 nitrogen and oxygen atoms in total. The number of nitrogens with zero attached hydrogens (tertiary/aromatic N) is 1. The number of benzene rings is 1. The normalized spacial score (nSPS) is 21.3. The van der Waals surface area contributed by atoms with Gasteiger partial charge in [-0.3, -0.25) is 0 Å². The zero-order valence-corrected chi connectivity index (χ0v) is 13.5. The van der Waals surface area contributed by atoms with E-state index in [0.717, 1.165) is 23.0 Å². The van der Waals surface area contributed by atoms with Crippen LogP contribution in [0.2, 0.25) is 0 Å². The predicted octanol–water partition coefficient (Wildman–Crippen LogP) is 3.99. The Kier molecular flexibility index (Phi) is 5.04. The Labute approximate surface area is 124 Å². The summed E-state index contributed by atoms with van der Waals surface area (Å²) in [5.74, 6) is 0. The molecule has 0 bridgehead atoms. The second kappa shape index (κ2) is 6.38. The van der Waals surface area contributed by atoms with Gasteiger partial charge < -0.3 is 10.0 Å². The Hall–Kier alpha value is -0.380. The van der Waals surface area contributed by atoms with Crippen molar-refractivity contribution >= 4 is 15.9 Å². The second-order valence-corrected chi connectivity index (χ2v) is 7.28. The summed E-state index contributed by atoms with van der Waals surface area (Å²) in [4.78, 5) is 2.48. The van der Waals surface area contributed by atoms with Crippen molar-refractivity contribution in [1.82, 2.24) is 4.90 Å². The lowest BCUT2D eigenvalue weighted by Gasteiger charge is -2.37. The molecule has 1 atom stereocenters. The van der Waals surface area contributed by atoms with Gasteiger partial charge in [0.25, 0.3) is 0 Å². The summed E-state index contributed by atoms with van der Waals surface area (Å²) in [6.45, 7) is 8.02. The highest BCUT2D eigenvalue weighted by Crippen LogP contribution is 2.30. The van der Waals surface area contributed by atoms with Crippen molar-refractivity contribution < 1.29 is 5.11 Å². The largest absolute Gasteiger partial charge is 0.388 e. The molecule has 0 spiro atoms. The van der Waals surface area contributed by atoms with Crippen molar-refractivity contribution in [3.05, 3.63) is 34.3 Å². The molecule has 1 unspecified atom stereocenters. The van der Waals surface area contributed by atoms with Gasteiger partial charge in [-0.1, -0.05) is 41.9 Å². The van der Waals surface area contributed by atoms with Gasteiger partial charge >= 0.3 is 0 Å². The van der Waals surface area contributed by atoms with Crippen LogP contribution in [0.15, 0.2) is 28.7 Å². The first-order chi connectivity index (χ1) is 8.96. The molecular formula is C16H24BrNO. The van der Waals surface area contributed by atoms with E-state index in [2.05, 4.69) is 34.7 Å². The van der Waals surface area contributed by atoms with Crippen molar-refractivity contribution in [2.45, 2.75) is 39.2 Å². The molecule has 19 heavy (non-hydrogen) atoms. The number of piperidine rings is 1. The smallest absolute Gasteiger partial charge is 0.0802 e.